The fraction of sp³-hybridized carbons (Fsp3) is 0.667. The summed E-state index contributed by atoms with van der Waals surface area (Å²) in [5, 5.41) is 12.3. The molecule has 1 rings (SSSR count). The van der Waals surface area contributed by atoms with Gasteiger partial charge in [-0.1, -0.05) is 25.4 Å². The molecule has 0 saturated heterocycles. The summed E-state index contributed by atoms with van der Waals surface area (Å²) < 4.78 is 1.78. The molecule has 0 aliphatic rings. The van der Waals surface area contributed by atoms with Crippen molar-refractivity contribution in [1.29, 1.82) is 0 Å². The van der Waals surface area contributed by atoms with E-state index in [0.717, 1.165) is 34.7 Å². The first-order valence-corrected chi connectivity index (χ1v) is 7.69. The highest BCUT2D eigenvalue weighted by Crippen LogP contribution is 2.32. The predicted octanol–water partition coefficient (Wildman–Crippen LogP) is 4.05. The molecule has 0 radical (unpaired) electrons. The van der Waals surface area contributed by atoms with E-state index in [9.17, 15) is 0 Å². The van der Waals surface area contributed by atoms with Crippen LogP contribution in [0.3, 0.4) is 0 Å². The molecule has 17 heavy (non-hydrogen) atoms. The van der Waals surface area contributed by atoms with Gasteiger partial charge in [0.05, 0.1) is 0 Å². The van der Waals surface area contributed by atoms with Crippen molar-refractivity contribution >= 4 is 38.9 Å². The molecule has 1 aromatic rings. The van der Waals surface area contributed by atoms with Crippen LogP contribution in [0.5, 0.6) is 0 Å². The first-order valence-electron chi connectivity index (χ1n) is 5.70. The Balaban J connectivity index is 2.31. The molecule has 1 heterocycles. The van der Waals surface area contributed by atoms with Crippen molar-refractivity contribution in [3.63, 3.8) is 0 Å². The average Bonchev–Trinajstić information content (AvgIpc) is 2.55. The Morgan fingerprint density at radius 3 is 2.76 bits per heavy atom. The van der Waals surface area contributed by atoms with Crippen molar-refractivity contribution in [3.05, 3.63) is 19.8 Å². The number of rotatable bonds is 7. The maximum Gasteiger partial charge on any atom is 0.107 e. The number of hydrogen-bond donors (Lipinski definition) is 2. The van der Waals surface area contributed by atoms with Crippen molar-refractivity contribution in [1.82, 2.24) is 5.32 Å². The van der Waals surface area contributed by atoms with Crippen molar-refractivity contribution < 1.29 is 5.11 Å². The zero-order valence-electron chi connectivity index (χ0n) is 10.2. The van der Waals surface area contributed by atoms with Crippen LogP contribution in [0.25, 0.3) is 0 Å². The molecule has 0 aromatic carbocycles. The van der Waals surface area contributed by atoms with Crippen molar-refractivity contribution in [3.8, 4) is 0 Å². The standard InChI is InChI=1S/C12H19BrClNOS/c1-12(2,4-3-5-16)8-15-7-9-6-10(13)11(14)17-9/h6,15-16H,3-5,7-8H2,1-2H3. The van der Waals surface area contributed by atoms with Crippen molar-refractivity contribution in [2.75, 3.05) is 13.2 Å². The molecule has 0 bridgehead atoms. The molecule has 2 N–H and O–H groups in total. The minimum absolute atomic E-state index is 0.223. The number of aliphatic hydroxyl groups is 1. The zero-order chi connectivity index (χ0) is 12.9. The molecule has 98 valence electrons. The van der Waals surface area contributed by atoms with Gasteiger partial charge in [0.15, 0.2) is 0 Å². The summed E-state index contributed by atoms with van der Waals surface area (Å²) in [5.41, 5.74) is 0.223. The van der Waals surface area contributed by atoms with Crippen molar-refractivity contribution in [2.45, 2.75) is 33.2 Å². The van der Waals surface area contributed by atoms with E-state index in [1.165, 1.54) is 4.88 Å². The molecule has 2 nitrogen and oxygen atoms in total. The van der Waals surface area contributed by atoms with Gasteiger partial charge in [-0.2, -0.15) is 0 Å². The summed E-state index contributed by atoms with van der Waals surface area (Å²) in [5.74, 6) is 0. The van der Waals surface area contributed by atoms with Gasteiger partial charge in [-0.25, -0.2) is 0 Å². The Bertz CT molecular complexity index is 335. The number of nitrogens with one attached hydrogen (secondary N) is 1. The smallest absolute Gasteiger partial charge is 0.107 e. The SMILES string of the molecule is CC(C)(CCCO)CNCc1cc(Br)c(Cl)s1. The lowest BCUT2D eigenvalue weighted by Gasteiger charge is -2.24. The Hall–Kier alpha value is 0.390. The van der Waals surface area contributed by atoms with Crippen LogP contribution in [0.1, 0.15) is 31.6 Å². The molecule has 1 aromatic heterocycles. The van der Waals surface area contributed by atoms with Crippen molar-refractivity contribution in [2.24, 2.45) is 5.41 Å². The molecule has 0 aliphatic heterocycles. The largest absolute Gasteiger partial charge is 0.396 e. The predicted molar refractivity (Wildman–Crippen MR) is 78.8 cm³/mol. The van der Waals surface area contributed by atoms with Crippen LogP contribution in [0.2, 0.25) is 4.34 Å². The number of halogens is 2. The van der Waals surface area contributed by atoms with Gasteiger partial charge in [-0.15, -0.1) is 11.3 Å². The van der Waals surface area contributed by atoms with Gasteiger partial charge in [-0.05, 0) is 40.3 Å². The molecule has 5 heteroatoms. The van der Waals surface area contributed by atoms with E-state index < -0.39 is 0 Å². The normalized spacial score (nSPS) is 12.1. The van der Waals surface area contributed by atoms with Crippen LogP contribution < -0.4 is 5.32 Å². The van der Waals surface area contributed by atoms with Gasteiger partial charge in [0.2, 0.25) is 0 Å². The maximum atomic E-state index is 8.83. The van der Waals surface area contributed by atoms with E-state index in [2.05, 4.69) is 41.2 Å². The second-order valence-corrected chi connectivity index (χ2v) is 7.52. The molecule has 0 saturated carbocycles. The number of hydrogen-bond acceptors (Lipinski definition) is 3. The molecule has 0 fully saturated rings. The highest BCUT2D eigenvalue weighted by Gasteiger charge is 2.16. The summed E-state index contributed by atoms with van der Waals surface area (Å²) in [4.78, 5) is 1.24. The van der Waals surface area contributed by atoms with Gasteiger partial charge >= 0.3 is 0 Å². The molecule has 0 spiro atoms. The molecule has 0 unspecified atom stereocenters. The van der Waals surface area contributed by atoms with Crippen LogP contribution in [-0.4, -0.2) is 18.3 Å². The topological polar surface area (TPSA) is 32.3 Å². The van der Waals surface area contributed by atoms with Gasteiger partial charge in [-0.3, -0.25) is 0 Å². The zero-order valence-corrected chi connectivity index (χ0v) is 13.4. The maximum absolute atomic E-state index is 8.83. The number of aliphatic hydroxyl groups excluding tert-OH is 1. The van der Waals surface area contributed by atoms with Crippen LogP contribution in [0, 0.1) is 5.41 Å². The lowest BCUT2D eigenvalue weighted by atomic mass is 9.88. The van der Waals surface area contributed by atoms with Gasteiger partial charge in [0, 0.05) is 29.0 Å². The number of thiophene rings is 1. The lowest BCUT2D eigenvalue weighted by molar-refractivity contribution is 0.236. The third kappa shape index (κ3) is 5.71. The first kappa shape index (κ1) is 15.4. The Labute approximate surface area is 121 Å². The van der Waals surface area contributed by atoms with Crippen LogP contribution in [0.4, 0.5) is 0 Å². The second-order valence-electron chi connectivity index (χ2n) is 4.93. The summed E-state index contributed by atoms with van der Waals surface area (Å²) in [6.45, 7) is 6.50. The quantitative estimate of drug-likeness (QED) is 0.785. The molecular weight excluding hydrogens is 322 g/mol. The monoisotopic (exact) mass is 339 g/mol. The third-order valence-electron chi connectivity index (χ3n) is 2.61. The van der Waals surface area contributed by atoms with E-state index in [-0.39, 0.29) is 12.0 Å². The third-order valence-corrected chi connectivity index (χ3v) is 5.09. The molecule has 0 aliphatic carbocycles. The average molecular weight is 341 g/mol. The van der Waals surface area contributed by atoms with Crippen LogP contribution >= 0.6 is 38.9 Å². The van der Waals surface area contributed by atoms with Crippen LogP contribution in [0.15, 0.2) is 10.5 Å². The van der Waals surface area contributed by atoms with Crippen LogP contribution in [-0.2, 0) is 6.54 Å². The minimum atomic E-state index is 0.223. The minimum Gasteiger partial charge on any atom is -0.396 e. The van der Waals surface area contributed by atoms with Gasteiger partial charge in [0.1, 0.15) is 4.34 Å². The lowest BCUT2D eigenvalue weighted by Crippen LogP contribution is -2.29. The van der Waals surface area contributed by atoms with E-state index >= 15 is 0 Å². The molecule has 0 amide bonds. The second kappa shape index (κ2) is 7.10. The van der Waals surface area contributed by atoms with E-state index in [1.807, 2.05) is 0 Å². The van der Waals surface area contributed by atoms with E-state index in [1.54, 1.807) is 11.3 Å². The Kier molecular flexibility index (Phi) is 6.45. The molecule has 0 atom stereocenters. The molecular formula is C12H19BrClNOS. The summed E-state index contributed by atoms with van der Waals surface area (Å²) >= 11 is 11.0. The first-order chi connectivity index (χ1) is 7.94. The van der Waals surface area contributed by atoms with Gasteiger partial charge < -0.3 is 10.4 Å². The summed E-state index contributed by atoms with van der Waals surface area (Å²) in [6.07, 6.45) is 1.90. The summed E-state index contributed by atoms with van der Waals surface area (Å²) in [7, 11) is 0. The fourth-order valence-corrected chi connectivity index (χ4v) is 3.41. The van der Waals surface area contributed by atoms with E-state index in [4.69, 9.17) is 16.7 Å². The Morgan fingerprint density at radius 1 is 1.53 bits per heavy atom. The van der Waals surface area contributed by atoms with Gasteiger partial charge in [0.25, 0.3) is 0 Å². The van der Waals surface area contributed by atoms with E-state index in [0.29, 0.717) is 0 Å². The summed E-state index contributed by atoms with van der Waals surface area (Å²) in [6, 6.07) is 2.06. The highest BCUT2D eigenvalue weighted by atomic mass is 79.9. The fourth-order valence-electron chi connectivity index (χ4n) is 1.65. The highest BCUT2D eigenvalue weighted by molar-refractivity contribution is 9.10. The Morgan fingerprint density at radius 2 is 2.24 bits per heavy atom.